The van der Waals surface area contributed by atoms with Crippen LogP contribution in [-0.2, 0) is 0 Å². The highest BCUT2D eigenvalue weighted by atomic mass is 14.9. The molecule has 0 bridgehead atoms. The highest BCUT2D eigenvalue weighted by Gasteiger charge is 2.24. The zero-order valence-corrected chi connectivity index (χ0v) is 8.87. The monoisotopic (exact) mass is 189 g/mol. The molecule has 1 aliphatic rings. The Morgan fingerprint density at radius 3 is 2.79 bits per heavy atom. The molecule has 1 heterocycles. The van der Waals surface area contributed by atoms with Crippen molar-refractivity contribution in [2.45, 2.75) is 25.7 Å². The lowest BCUT2D eigenvalue weighted by molar-refractivity contribution is 0.318. The van der Waals surface area contributed by atoms with Crippen molar-refractivity contribution < 1.29 is 0 Å². The maximum Gasteiger partial charge on any atom is -0.00148 e. The highest BCUT2D eigenvalue weighted by molar-refractivity contribution is 5.21. The minimum Gasteiger partial charge on any atom is -0.316 e. The van der Waals surface area contributed by atoms with E-state index in [4.69, 9.17) is 0 Å². The molecule has 1 aromatic carbocycles. The Morgan fingerprint density at radius 1 is 1.29 bits per heavy atom. The summed E-state index contributed by atoms with van der Waals surface area (Å²) in [7, 11) is 0. The van der Waals surface area contributed by atoms with Crippen LogP contribution in [0, 0.1) is 5.92 Å². The van der Waals surface area contributed by atoms with Crippen molar-refractivity contribution in [2.24, 2.45) is 5.92 Å². The normalized spacial score (nSPS) is 27.5. The Kier molecular flexibility index (Phi) is 3.20. The van der Waals surface area contributed by atoms with Gasteiger partial charge in [0.05, 0.1) is 0 Å². The van der Waals surface area contributed by atoms with Gasteiger partial charge in [-0.05, 0) is 36.9 Å². The van der Waals surface area contributed by atoms with E-state index in [1.807, 2.05) is 0 Å². The van der Waals surface area contributed by atoms with E-state index >= 15 is 0 Å². The van der Waals surface area contributed by atoms with E-state index in [1.54, 1.807) is 0 Å². The molecule has 1 aromatic rings. The summed E-state index contributed by atoms with van der Waals surface area (Å²) in [5, 5.41) is 3.49. The van der Waals surface area contributed by atoms with Crippen molar-refractivity contribution >= 4 is 0 Å². The van der Waals surface area contributed by atoms with Crippen LogP contribution >= 0.6 is 0 Å². The number of rotatable bonds is 2. The molecular weight excluding hydrogens is 170 g/mol. The summed E-state index contributed by atoms with van der Waals surface area (Å²) in [5.74, 6) is 1.61. The van der Waals surface area contributed by atoms with Gasteiger partial charge in [0.15, 0.2) is 0 Å². The number of piperidine rings is 1. The largest absolute Gasteiger partial charge is 0.316 e. The van der Waals surface area contributed by atoms with E-state index in [9.17, 15) is 0 Å². The van der Waals surface area contributed by atoms with Crippen LogP contribution < -0.4 is 5.32 Å². The first-order valence-electron chi connectivity index (χ1n) is 5.67. The predicted molar refractivity (Wildman–Crippen MR) is 60.5 cm³/mol. The van der Waals surface area contributed by atoms with E-state index in [1.165, 1.54) is 31.5 Å². The number of benzene rings is 1. The molecule has 1 saturated heterocycles. The molecule has 0 radical (unpaired) electrons. The Bertz CT molecular complexity index is 268. The second kappa shape index (κ2) is 4.61. The van der Waals surface area contributed by atoms with Gasteiger partial charge in [-0.25, -0.2) is 0 Å². The van der Waals surface area contributed by atoms with Gasteiger partial charge < -0.3 is 5.32 Å². The Morgan fingerprint density at radius 2 is 2.07 bits per heavy atom. The summed E-state index contributed by atoms with van der Waals surface area (Å²) in [4.78, 5) is 0. The van der Waals surface area contributed by atoms with Crippen LogP contribution in [0.1, 0.15) is 31.2 Å². The van der Waals surface area contributed by atoms with Crippen LogP contribution in [0.3, 0.4) is 0 Å². The van der Waals surface area contributed by atoms with Crippen LogP contribution in [0.2, 0.25) is 0 Å². The van der Waals surface area contributed by atoms with Crippen LogP contribution in [-0.4, -0.2) is 13.1 Å². The van der Waals surface area contributed by atoms with Crippen LogP contribution in [0.15, 0.2) is 30.3 Å². The molecular formula is C13H19N. The average molecular weight is 189 g/mol. The minimum absolute atomic E-state index is 0.780. The number of hydrogen-bond acceptors (Lipinski definition) is 1. The molecule has 0 amide bonds. The molecule has 0 spiro atoms. The molecule has 0 aliphatic carbocycles. The fourth-order valence-electron chi connectivity index (χ4n) is 2.49. The van der Waals surface area contributed by atoms with E-state index in [-0.39, 0.29) is 0 Å². The fourth-order valence-corrected chi connectivity index (χ4v) is 2.49. The summed E-state index contributed by atoms with van der Waals surface area (Å²) in [6, 6.07) is 11.0. The number of hydrogen-bond donors (Lipinski definition) is 1. The zero-order chi connectivity index (χ0) is 9.80. The Hall–Kier alpha value is -0.820. The lowest BCUT2D eigenvalue weighted by Gasteiger charge is -2.31. The molecule has 0 aromatic heterocycles. The smallest absolute Gasteiger partial charge is 0.00148 e. The van der Waals surface area contributed by atoms with Crippen molar-refractivity contribution in [1.29, 1.82) is 0 Å². The van der Waals surface area contributed by atoms with Gasteiger partial charge in [0, 0.05) is 0 Å². The van der Waals surface area contributed by atoms with Crippen LogP contribution in [0.5, 0.6) is 0 Å². The molecule has 1 aliphatic heterocycles. The van der Waals surface area contributed by atoms with Gasteiger partial charge in [-0.15, -0.1) is 0 Å². The molecule has 1 N–H and O–H groups in total. The second-order valence-corrected chi connectivity index (χ2v) is 4.18. The summed E-state index contributed by atoms with van der Waals surface area (Å²) < 4.78 is 0. The molecule has 1 fully saturated rings. The summed E-state index contributed by atoms with van der Waals surface area (Å²) in [6.07, 6.45) is 2.58. The lowest BCUT2D eigenvalue weighted by atomic mass is 9.80. The third-order valence-electron chi connectivity index (χ3n) is 3.36. The van der Waals surface area contributed by atoms with Crippen LogP contribution in [0.25, 0.3) is 0 Å². The van der Waals surface area contributed by atoms with Crippen molar-refractivity contribution in [3.63, 3.8) is 0 Å². The second-order valence-electron chi connectivity index (χ2n) is 4.18. The van der Waals surface area contributed by atoms with Gasteiger partial charge in [0.25, 0.3) is 0 Å². The first kappa shape index (κ1) is 9.72. The van der Waals surface area contributed by atoms with Crippen molar-refractivity contribution in [3.8, 4) is 0 Å². The Labute approximate surface area is 86.5 Å². The molecule has 14 heavy (non-hydrogen) atoms. The number of nitrogens with one attached hydrogen (secondary N) is 1. The molecule has 0 saturated carbocycles. The van der Waals surface area contributed by atoms with Gasteiger partial charge in [-0.2, -0.15) is 0 Å². The van der Waals surface area contributed by atoms with Gasteiger partial charge in [0.1, 0.15) is 0 Å². The van der Waals surface area contributed by atoms with Gasteiger partial charge in [-0.3, -0.25) is 0 Å². The molecule has 1 heteroatoms. The standard InChI is InChI=1S/C13H19N/c1-2-11-10-14-9-8-13(11)12-6-4-3-5-7-12/h3-7,11,13-14H,2,8-10H2,1H3. The van der Waals surface area contributed by atoms with Gasteiger partial charge in [0.2, 0.25) is 0 Å². The molecule has 2 rings (SSSR count). The first-order valence-corrected chi connectivity index (χ1v) is 5.67. The Balaban J connectivity index is 2.15. The topological polar surface area (TPSA) is 12.0 Å². The third kappa shape index (κ3) is 1.98. The summed E-state index contributed by atoms with van der Waals surface area (Å²) in [5.41, 5.74) is 1.53. The zero-order valence-electron chi connectivity index (χ0n) is 8.87. The van der Waals surface area contributed by atoms with Crippen molar-refractivity contribution in [1.82, 2.24) is 5.32 Å². The van der Waals surface area contributed by atoms with Gasteiger partial charge in [-0.1, -0.05) is 43.7 Å². The minimum atomic E-state index is 0.780. The van der Waals surface area contributed by atoms with E-state index in [0.29, 0.717) is 0 Å². The maximum absolute atomic E-state index is 3.49. The summed E-state index contributed by atoms with van der Waals surface area (Å²) >= 11 is 0. The van der Waals surface area contributed by atoms with Gasteiger partial charge >= 0.3 is 0 Å². The quantitative estimate of drug-likeness (QED) is 0.754. The van der Waals surface area contributed by atoms with Crippen molar-refractivity contribution in [3.05, 3.63) is 35.9 Å². The first-order chi connectivity index (χ1) is 6.92. The van der Waals surface area contributed by atoms with Crippen LogP contribution in [0.4, 0.5) is 0 Å². The highest BCUT2D eigenvalue weighted by Crippen LogP contribution is 2.31. The van der Waals surface area contributed by atoms with Crippen molar-refractivity contribution in [2.75, 3.05) is 13.1 Å². The molecule has 1 nitrogen and oxygen atoms in total. The predicted octanol–water partition coefficient (Wildman–Crippen LogP) is 2.79. The molecule has 2 atom stereocenters. The van der Waals surface area contributed by atoms with E-state index < -0.39 is 0 Å². The van der Waals surface area contributed by atoms with E-state index in [0.717, 1.165) is 11.8 Å². The molecule has 2 unspecified atom stereocenters. The average Bonchev–Trinajstić information content (AvgIpc) is 2.30. The SMILES string of the molecule is CCC1CNCCC1c1ccccc1. The fraction of sp³-hybridized carbons (Fsp3) is 0.538. The maximum atomic E-state index is 3.49. The van der Waals surface area contributed by atoms with E-state index in [2.05, 4.69) is 42.6 Å². The third-order valence-corrected chi connectivity index (χ3v) is 3.36. The summed E-state index contributed by atoms with van der Waals surface area (Å²) in [6.45, 7) is 4.67. The lowest BCUT2D eigenvalue weighted by Crippen LogP contribution is -2.35. The molecule has 76 valence electrons.